The number of ether oxygens (including phenoxy) is 1. The Bertz CT molecular complexity index is 1070. The monoisotopic (exact) mass is 482 g/mol. The highest BCUT2D eigenvalue weighted by Crippen LogP contribution is 2.64. The standard InChI is InChI=1S/C32H38O2Si/c1-30(2)25-19-21-31(3)22-20-26(24-32(31,23-25)34-30)33-35(27-13-7-4-8-14-27,28-15-9-5-10-16-28)29-17-11-6-12-18-29/h4-18,25-26H,19-24H2,1-3H3/t25-,26-,31+,32-/m0/s1. The van der Waals surface area contributed by atoms with Crippen molar-refractivity contribution in [2.24, 2.45) is 11.3 Å². The number of fused-ring (bicyclic) bond motifs is 1. The fourth-order valence-electron chi connectivity index (χ4n) is 7.56. The average molecular weight is 483 g/mol. The maximum Gasteiger partial charge on any atom is 0.288 e. The molecule has 3 aliphatic rings. The number of hydrogen-bond acceptors (Lipinski definition) is 2. The first kappa shape index (κ1) is 23.2. The van der Waals surface area contributed by atoms with Crippen molar-refractivity contribution in [3.8, 4) is 0 Å². The Balaban J connectivity index is 1.45. The molecule has 0 unspecified atom stereocenters. The zero-order valence-corrected chi connectivity index (χ0v) is 22.4. The third-order valence-electron chi connectivity index (χ3n) is 9.62. The summed E-state index contributed by atoms with van der Waals surface area (Å²) >= 11 is 0. The van der Waals surface area contributed by atoms with E-state index in [-0.39, 0.29) is 22.7 Å². The van der Waals surface area contributed by atoms with Gasteiger partial charge in [-0.1, -0.05) is 97.9 Å². The zero-order valence-electron chi connectivity index (χ0n) is 21.4. The molecule has 182 valence electrons. The van der Waals surface area contributed by atoms with Gasteiger partial charge in [-0.05, 0) is 72.8 Å². The van der Waals surface area contributed by atoms with Gasteiger partial charge in [0.05, 0.1) is 11.2 Å². The lowest BCUT2D eigenvalue weighted by atomic mass is 9.55. The molecule has 3 aromatic rings. The van der Waals surface area contributed by atoms with Gasteiger partial charge in [-0.3, -0.25) is 0 Å². The van der Waals surface area contributed by atoms with Crippen molar-refractivity contribution < 1.29 is 9.16 Å². The highest BCUT2D eigenvalue weighted by atomic mass is 28.4. The Morgan fingerprint density at radius 1 is 0.686 bits per heavy atom. The first-order valence-electron chi connectivity index (χ1n) is 13.4. The molecule has 0 amide bonds. The lowest BCUT2D eigenvalue weighted by molar-refractivity contribution is -0.183. The Morgan fingerprint density at radius 3 is 1.69 bits per heavy atom. The lowest BCUT2D eigenvalue weighted by Gasteiger charge is -2.54. The van der Waals surface area contributed by atoms with E-state index in [2.05, 4.69) is 112 Å². The average Bonchev–Trinajstić information content (AvgIpc) is 3.11. The zero-order chi connectivity index (χ0) is 24.2. The van der Waals surface area contributed by atoms with Crippen LogP contribution in [0.15, 0.2) is 91.0 Å². The normalized spacial score (nSPS) is 31.6. The van der Waals surface area contributed by atoms with Gasteiger partial charge in [0, 0.05) is 12.5 Å². The van der Waals surface area contributed by atoms with Crippen molar-refractivity contribution in [2.75, 3.05) is 0 Å². The van der Waals surface area contributed by atoms with Crippen molar-refractivity contribution >= 4 is 23.9 Å². The van der Waals surface area contributed by atoms with Crippen LogP contribution in [0.4, 0.5) is 0 Å². The molecule has 3 aromatic carbocycles. The second-order valence-corrected chi connectivity index (χ2v) is 15.3. The summed E-state index contributed by atoms with van der Waals surface area (Å²) in [5.74, 6) is 0.661. The maximum atomic E-state index is 7.60. The Hall–Kier alpha value is -2.20. The van der Waals surface area contributed by atoms with Crippen LogP contribution >= 0.6 is 0 Å². The molecule has 3 heteroatoms. The fourth-order valence-corrected chi connectivity index (χ4v) is 11.7. The predicted molar refractivity (Wildman–Crippen MR) is 146 cm³/mol. The van der Waals surface area contributed by atoms with Crippen LogP contribution in [0.2, 0.25) is 0 Å². The van der Waals surface area contributed by atoms with Crippen LogP contribution in [-0.2, 0) is 9.16 Å². The van der Waals surface area contributed by atoms with E-state index in [1.807, 2.05) is 0 Å². The van der Waals surface area contributed by atoms with E-state index in [0.29, 0.717) is 5.92 Å². The quantitative estimate of drug-likeness (QED) is 0.349. The van der Waals surface area contributed by atoms with E-state index in [1.165, 1.54) is 41.2 Å². The van der Waals surface area contributed by atoms with Gasteiger partial charge < -0.3 is 9.16 Å². The molecule has 0 radical (unpaired) electrons. The smallest absolute Gasteiger partial charge is 0.288 e. The summed E-state index contributed by atoms with van der Waals surface area (Å²) in [6, 6.07) is 33.0. The van der Waals surface area contributed by atoms with Gasteiger partial charge in [0.1, 0.15) is 0 Å². The third-order valence-corrected chi connectivity index (χ3v) is 13.7. The molecule has 2 saturated carbocycles. The molecule has 2 nitrogen and oxygen atoms in total. The summed E-state index contributed by atoms with van der Waals surface area (Å²) in [6.07, 6.45) is 7.25. The molecule has 1 heterocycles. The van der Waals surface area contributed by atoms with E-state index < -0.39 is 8.32 Å². The summed E-state index contributed by atoms with van der Waals surface area (Å²) in [5.41, 5.74) is 0.159. The first-order valence-corrected chi connectivity index (χ1v) is 15.3. The van der Waals surface area contributed by atoms with Crippen LogP contribution in [-0.4, -0.2) is 25.6 Å². The van der Waals surface area contributed by atoms with Gasteiger partial charge in [-0.25, -0.2) is 0 Å². The van der Waals surface area contributed by atoms with Crippen molar-refractivity contribution in [3.05, 3.63) is 91.0 Å². The molecule has 1 aliphatic heterocycles. The SMILES string of the molecule is CC1(C)O[C@@]23C[C@@H](O[Si](c4ccccc4)(c4ccccc4)c4ccccc4)CC[C@@]2(C)CC[C@H]1C3. The maximum absolute atomic E-state index is 7.60. The second kappa shape index (κ2) is 8.43. The van der Waals surface area contributed by atoms with Crippen molar-refractivity contribution in [2.45, 2.75) is 76.6 Å². The minimum atomic E-state index is -2.72. The van der Waals surface area contributed by atoms with Crippen LogP contribution in [0.5, 0.6) is 0 Å². The highest BCUT2D eigenvalue weighted by molar-refractivity contribution is 7.07. The van der Waals surface area contributed by atoms with Crippen LogP contribution < -0.4 is 15.6 Å². The van der Waals surface area contributed by atoms with Gasteiger partial charge in [0.2, 0.25) is 0 Å². The molecule has 3 fully saturated rings. The molecular weight excluding hydrogens is 444 g/mol. The second-order valence-electron chi connectivity index (χ2n) is 12.0. The minimum Gasteiger partial charge on any atom is -0.401 e. The molecule has 4 atom stereocenters. The van der Waals surface area contributed by atoms with Crippen LogP contribution in [0, 0.1) is 11.3 Å². The van der Waals surface area contributed by atoms with Crippen molar-refractivity contribution in [3.63, 3.8) is 0 Å². The van der Waals surface area contributed by atoms with E-state index in [1.54, 1.807) is 0 Å². The topological polar surface area (TPSA) is 18.5 Å². The van der Waals surface area contributed by atoms with Gasteiger partial charge >= 0.3 is 0 Å². The van der Waals surface area contributed by atoms with Crippen molar-refractivity contribution in [1.29, 1.82) is 0 Å². The van der Waals surface area contributed by atoms with E-state index >= 15 is 0 Å². The molecule has 0 aromatic heterocycles. The minimum absolute atomic E-state index is 0.0353. The van der Waals surface area contributed by atoms with E-state index in [9.17, 15) is 0 Å². The number of rotatable bonds is 5. The van der Waals surface area contributed by atoms with Crippen LogP contribution in [0.25, 0.3) is 0 Å². The largest absolute Gasteiger partial charge is 0.401 e. The molecule has 6 rings (SSSR count). The molecule has 1 saturated heterocycles. The van der Waals surface area contributed by atoms with Crippen LogP contribution in [0.3, 0.4) is 0 Å². The highest BCUT2D eigenvalue weighted by Gasteiger charge is 2.64. The van der Waals surface area contributed by atoms with E-state index in [0.717, 1.165) is 12.8 Å². The summed E-state index contributed by atoms with van der Waals surface area (Å²) < 4.78 is 14.7. The van der Waals surface area contributed by atoms with E-state index in [4.69, 9.17) is 9.16 Å². The van der Waals surface area contributed by atoms with Crippen molar-refractivity contribution in [1.82, 2.24) is 0 Å². The predicted octanol–water partition coefficient (Wildman–Crippen LogP) is 5.58. The Labute approximate surface area is 211 Å². The Morgan fingerprint density at radius 2 is 1.17 bits per heavy atom. The Kier molecular flexibility index (Phi) is 5.59. The summed E-state index contributed by atoms with van der Waals surface area (Å²) in [6.45, 7) is 7.14. The molecule has 1 spiro atoms. The fraction of sp³-hybridized carbons (Fsp3) is 0.438. The molecule has 2 aliphatic carbocycles. The molecule has 0 N–H and O–H groups in total. The molecular formula is C32H38O2Si. The van der Waals surface area contributed by atoms with Gasteiger partial charge in [-0.2, -0.15) is 0 Å². The summed E-state index contributed by atoms with van der Waals surface area (Å²) in [7, 11) is -2.72. The van der Waals surface area contributed by atoms with Gasteiger partial charge in [-0.15, -0.1) is 0 Å². The molecule has 2 bridgehead atoms. The van der Waals surface area contributed by atoms with Gasteiger partial charge in [0.25, 0.3) is 8.32 Å². The van der Waals surface area contributed by atoms with Crippen LogP contribution in [0.1, 0.15) is 59.3 Å². The number of hydrogen-bond donors (Lipinski definition) is 0. The first-order chi connectivity index (χ1) is 16.9. The van der Waals surface area contributed by atoms with Gasteiger partial charge in [0.15, 0.2) is 0 Å². The summed E-state index contributed by atoms with van der Waals surface area (Å²) in [5, 5.41) is 3.95. The molecule has 35 heavy (non-hydrogen) atoms. The number of benzene rings is 3. The third kappa shape index (κ3) is 3.66. The summed E-state index contributed by atoms with van der Waals surface area (Å²) in [4.78, 5) is 0. The lowest BCUT2D eigenvalue weighted by Crippen LogP contribution is -2.71.